The van der Waals surface area contributed by atoms with Crippen molar-refractivity contribution in [1.29, 1.82) is 0 Å². The number of rotatable bonds is 6. The third-order valence-corrected chi connectivity index (χ3v) is 11.8. The summed E-state index contributed by atoms with van der Waals surface area (Å²) in [4.78, 5) is 15.4. The molecule has 0 N–H and O–H groups in total. The summed E-state index contributed by atoms with van der Waals surface area (Å²) in [5.41, 5.74) is 11.5. The minimum atomic E-state index is 0.637. The molecule has 0 unspecified atom stereocenters. The third-order valence-electron chi connectivity index (χ3n) is 10.5. The van der Waals surface area contributed by atoms with Crippen LogP contribution >= 0.6 is 11.3 Å². The predicted molar refractivity (Wildman–Crippen MR) is 233 cm³/mol. The van der Waals surface area contributed by atoms with Gasteiger partial charge in [0.2, 0.25) is 0 Å². The summed E-state index contributed by atoms with van der Waals surface area (Å²) in [6.45, 7) is 0. The Hall–Kier alpha value is -7.21. The molecule has 0 bridgehead atoms. The van der Waals surface area contributed by atoms with E-state index in [-0.39, 0.29) is 0 Å². The lowest BCUT2D eigenvalue weighted by molar-refractivity contribution is 0.669. The zero-order valence-electron chi connectivity index (χ0n) is 30.1. The molecule has 0 aliphatic carbocycles. The highest BCUT2D eigenvalue weighted by molar-refractivity contribution is 7.26. The number of para-hydroxylation sites is 1. The van der Waals surface area contributed by atoms with Gasteiger partial charge in [0.1, 0.15) is 11.2 Å². The monoisotopic (exact) mass is 733 g/mol. The largest absolute Gasteiger partial charge is 0.456 e. The van der Waals surface area contributed by atoms with E-state index in [1.165, 1.54) is 15.5 Å². The molecule has 3 heterocycles. The number of hydrogen-bond acceptors (Lipinski definition) is 5. The smallest absolute Gasteiger partial charge is 0.165 e. The summed E-state index contributed by atoms with van der Waals surface area (Å²) < 4.78 is 8.88. The highest BCUT2D eigenvalue weighted by Gasteiger charge is 2.20. The molecule has 4 nitrogen and oxygen atoms in total. The lowest BCUT2D eigenvalue weighted by Crippen LogP contribution is -2.00. The number of nitrogens with zero attached hydrogens (tertiary/aromatic N) is 3. The maximum atomic E-state index is 6.53. The van der Waals surface area contributed by atoms with Crippen LogP contribution in [0.3, 0.4) is 0 Å². The molecule has 0 spiro atoms. The minimum Gasteiger partial charge on any atom is -0.456 e. The second-order valence-electron chi connectivity index (χ2n) is 13.9. The van der Waals surface area contributed by atoms with Gasteiger partial charge in [0.25, 0.3) is 0 Å². The first kappa shape index (κ1) is 32.2. The number of benzene rings is 8. The van der Waals surface area contributed by atoms with Crippen LogP contribution in [0.5, 0.6) is 0 Å². The fourth-order valence-electron chi connectivity index (χ4n) is 7.89. The van der Waals surface area contributed by atoms with E-state index < -0.39 is 0 Å². The fraction of sp³-hybridized carbons (Fsp3) is 0. The topological polar surface area (TPSA) is 51.8 Å². The highest BCUT2D eigenvalue weighted by Crippen LogP contribution is 2.46. The van der Waals surface area contributed by atoms with E-state index in [0.29, 0.717) is 17.5 Å². The van der Waals surface area contributed by atoms with Crippen molar-refractivity contribution in [2.45, 2.75) is 0 Å². The van der Waals surface area contributed by atoms with Crippen molar-refractivity contribution >= 4 is 53.4 Å². The second-order valence-corrected chi connectivity index (χ2v) is 15.0. The first-order valence-corrected chi connectivity index (χ1v) is 19.5. The van der Waals surface area contributed by atoms with Crippen molar-refractivity contribution in [3.63, 3.8) is 0 Å². The van der Waals surface area contributed by atoms with E-state index >= 15 is 0 Å². The van der Waals surface area contributed by atoms with Gasteiger partial charge in [0.05, 0.1) is 0 Å². The van der Waals surface area contributed by atoms with Crippen LogP contribution in [0.4, 0.5) is 0 Å². The molecule has 11 aromatic rings. The fourth-order valence-corrected chi connectivity index (χ4v) is 9.23. The quantitative estimate of drug-likeness (QED) is 0.171. The molecule has 0 saturated carbocycles. The van der Waals surface area contributed by atoms with Gasteiger partial charge >= 0.3 is 0 Å². The molecule has 56 heavy (non-hydrogen) atoms. The molecule has 11 rings (SSSR count). The van der Waals surface area contributed by atoms with Crippen LogP contribution in [0.2, 0.25) is 0 Å². The SMILES string of the molecule is c1ccc(-c2cccc(-c3nc(-c4ccccc4)nc(-c4cccc5c4sc4c(-c6cc(-c7ccccc7)c7c(c6)oc6ccccc67)cccc45)n3)c2)cc1. The van der Waals surface area contributed by atoms with Gasteiger partial charge in [-0.15, -0.1) is 11.3 Å². The molecule has 0 fully saturated rings. The van der Waals surface area contributed by atoms with E-state index in [9.17, 15) is 0 Å². The average molecular weight is 734 g/mol. The molecule has 0 amide bonds. The summed E-state index contributed by atoms with van der Waals surface area (Å²) in [7, 11) is 0. The molecular formula is C51H31N3OS. The number of thiophene rings is 1. The molecular weight excluding hydrogens is 703 g/mol. The lowest BCUT2D eigenvalue weighted by atomic mass is 9.94. The van der Waals surface area contributed by atoms with Crippen molar-refractivity contribution < 1.29 is 4.42 Å². The van der Waals surface area contributed by atoms with Gasteiger partial charge in [0.15, 0.2) is 17.5 Å². The molecule has 0 aliphatic rings. The van der Waals surface area contributed by atoms with E-state index in [1.807, 2.05) is 36.4 Å². The van der Waals surface area contributed by atoms with Crippen LogP contribution in [-0.2, 0) is 0 Å². The Kier molecular flexibility index (Phi) is 7.64. The van der Waals surface area contributed by atoms with E-state index in [1.54, 1.807) is 11.3 Å². The molecule has 5 heteroatoms. The summed E-state index contributed by atoms with van der Waals surface area (Å²) >= 11 is 1.79. The van der Waals surface area contributed by atoms with Gasteiger partial charge < -0.3 is 4.42 Å². The summed E-state index contributed by atoms with van der Waals surface area (Å²) in [5, 5.41) is 4.63. The van der Waals surface area contributed by atoms with Crippen LogP contribution in [0.1, 0.15) is 0 Å². The Morgan fingerprint density at radius 2 is 0.857 bits per heavy atom. The normalized spacial score (nSPS) is 11.6. The van der Waals surface area contributed by atoms with E-state index in [4.69, 9.17) is 19.4 Å². The molecule has 0 saturated heterocycles. The predicted octanol–water partition coefficient (Wildman–Crippen LogP) is 14.1. The zero-order chi connectivity index (χ0) is 37.0. The Bertz CT molecular complexity index is 3240. The Morgan fingerprint density at radius 3 is 1.61 bits per heavy atom. The van der Waals surface area contributed by atoms with Gasteiger partial charge in [-0.2, -0.15) is 0 Å². The number of hydrogen-bond donors (Lipinski definition) is 0. The van der Waals surface area contributed by atoms with Gasteiger partial charge in [-0.1, -0.05) is 158 Å². The van der Waals surface area contributed by atoms with Gasteiger partial charge in [-0.05, 0) is 63.7 Å². The van der Waals surface area contributed by atoms with E-state index in [2.05, 4.69) is 152 Å². The van der Waals surface area contributed by atoms with Crippen LogP contribution in [0.15, 0.2) is 192 Å². The summed E-state index contributed by atoms with van der Waals surface area (Å²) in [6, 6.07) is 65.6. The van der Waals surface area contributed by atoms with Crippen molar-refractivity contribution in [3.05, 3.63) is 188 Å². The number of aromatic nitrogens is 3. The first-order valence-electron chi connectivity index (χ1n) is 18.7. The minimum absolute atomic E-state index is 0.637. The van der Waals surface area contributed by atoms with Crippen molar-refractivity contribution in [1.82, 2.24) is 15.0 Å². The van der Waals surface area contributed by atoms with E-state index in [0.717, 1.165) is 76.7 Å². The highest BCUT2D eigenvalue weighted by atomic mass is 32.1. The first-order chi connectivity index (χ1) is 27.7. The van der Waals surface area contributed by atoms with Crippen LogP contribution in [-0.4, -0.2) is 15.0 Å². The summed E-state index contributed by atoms with van der Waals surface area (Å²) in [6.07, 6.45) is 0. The molecule has 262 valence electrons. The zero-order valence-corrected chi connectivity index (χ0v) is 30.9. The molecule has 3 aromatic heterocycles. The van der Waals surface area contributed by atoms with Crippen LogP contribution < -0.4 is 0 Å². The maximum absolute atomic E-state index is 6.53. The average Bonchev–Trinajstić information content (AvgIpc) is 3.86. The van der Waals surface area contributed by atoms with Crippen LogP contribution in [0, 0.1) is 0 Å². The van der Waals surface area contributed by atoms with Crippen LogP contribution in [0.25, 0.3) is 110 Å². The van der Waals surface area contributed by atoms with Gasteiger partial charge in [0, 0.05) is 47.6 Å². The Morgan fingerprint density at radius 1 is 0.321 bits per heavy atom. The van der Waals surface area contributed by atoms with Crippen molar-refractivity contribution in [2.75, 3.05) is 0 Å². The Balaban J connectivity index is 1.11. The maximum Gasteiger partial charge on any atom is 0.165 e. The molecule has 0 radical (unpaired) electrons. The molecule has 0 atom stereocenters. The number of furan rings is 1. The van der Waals surface area contributed by atoms with Crippen molar-refractivity contribution in [2.24, 2.45) is 0 Å². The van der Waals surface area contributed by atoms with Crippen molar-refractivity contribution in [3.8, 4) is 67.5 Å². The Labute approximate surface area is 327 Å². The van der Waals surface area contributed by atoms with Gasteiger partial charge in [-0.25, -0.2) is 15.0 Å². The standard InChI is InChI=1S/C51H31N3OS/c1-4-15-32(16-5-1)35-21-12-22-36(29-35)50-52-49(34-19-8-3-9-20-34)53-51(54-50)42-27-14-26-40-39-25-13-24-38(47(39)56-48(40)42)37-30-43(33-17-6-2-7-18-33)46-41-23-10-11-28-44(41)55-45(46)31-37/h1-31H. The third kappa shape index (κ3) is 5.48. The molecule has 0 aliphatic heterocycles. The lowest BCUT2D eigenvalue weighted by Gasteiger charge is -2.10. The second kappa shape index (κ2) is 13.3. The summed E-state index contributed by atoms with van der Waals surface area (Å²) in [5.74, 6) is 1.92. The molecule has 8 aromatic carbocycles. The van der Waals surface area contributed by atoms with Gasteiger partial charge in [-0.3, -0.25) is 0 Å². The number of fused-ring (bicyclic) bond motifs is 6.